The van der Waals surface area contributed by atoms with Crippen molar-refractivity contribution in [2.24, 2.45) is 0 Å². The van der Waals surface area contributed by atoms with Crippen molar-refractivity contribution >= 4 is 17.7 Å². The molecule has 19 heavy (non-hydrogen) atoms. The van der Waals surface area contributed by atoms with Crippen molar-refractivity contribution in [1.82, 2.24) is 10.3 Å². The summed E-state index contributed by atoms with van der Waals surface area (Å²) in [5.41, 5.74) is 0.874. The van der Waals surface area contributed by atoms with Crippen LogP contribution < -0.4 is 10.6 Å². The molecular weight excluding hydrogens is 250 g/mol. The van der Waals surface area contributed by atoms with Gasteiger partial charge in [0.25, 0.3) is 0 Å². The molecule has 106 valence electrons. The van der Waals surface area contributed by atoms with Gasteiger partial charge in [-0.25, -0.2) is 9.59 Å². The Balaban J connectivity index is 2.69. The maximum Gasteiger partial charge on any atom is 0.354 e. The first-order valence-electron chi connectivity index (χ1n) is 5.97. The lowest BCUT2D eigenvalue weighted by Crippen LogP contribution is -2.40. The molecule has 0 aliphatic rings. The van der Waals surface area contributed by atoms with Gasteiger partial charge >= 0.3 is 12.0 Å². The number of urea groups is 1. The number of rotatable bonds is 6. The molecule has 1 aromatic heterocycles. The molecule has 0 aliphatic carbocycles. The third-order valence-electron chi connectivity index (χ3n) is 2.61. The minimum absolute atomic E-state index is 0.0348. The van der Waals surface area contributed by atoms with Gasteiger partial charge in [0.2, 0.25) is 0 Å². The normalized spacial score (nSPS) is 11.9. The van der Waals surface area contributed by atoms with Crippen LogP contribution in [0.5, 0.6) is 0 Å². The summed E-state index contributed by atoms with van der Waals surface area (Å²) < 4.78 is 4.97. The Labute approximate surface area is 111 Å². The van der Waals surface area contributed by atoms with Crippen LogP contribution in [0.4, 0.5) is 10.5 Å². The molecule has 1 unspecified atom stereocenters. The van der Waals surface area contributed by atoms with Crippen molar-refractivity contribution in [3.8, 4) is 0 Å². The third kappa shape index (κ3) is 4.29. The van der Waals surface area contributed by atoms with Crippen LogP contribution in [0.2, 0.25) is 0 Å². The molecule has 1 rings (SSSR count). The predicted molar refractivity (Wildman–Crippen MR) is 70.6 cm³/mol. The molecule has 0 saturated heterocycles. The highest BCUT2D eigenvalue weighted by Gasteiger charge is 2.16. The first-order valence-corrected chi connectivity index (χ1v) is 5.97. The SMILES string of the molecule is CCC(COC)NC(=O)Nc1cc(C)[nH]c1C(=O)O. The van der Waals surface area contributed by atoms with E-state index in [1.54, 1.807) is 20.1 Å². The highest BCUT2D eigenvalue weighted by atomic mass is 16.5. The number of anilines is 1. The van der Waals surface area contributed by atoms with Gasteiger partial charge in [-0.15, -0.1) is 0 Å². The van der Waals surface area contributed by atoms with E-state index >= 15 is 0 Å². The van der Waals surface area contributed by atoms with Gasteiger partial charge in [-0.1, -0.05) is 6.92 Å². The van der Waals surface area contributed by atoms with Gasteiger partial charge in [0.15, 0.2) is 0 Å². The number of hydrogen-bond donors (Lipinski definition) is 4. The lowest BCUT2D eigenvalue weighted by molar-refractivity contribution is 0.0692. The van der Waals surface area contributed by atoms with E-state index in [1.165, 1.54) is 0 Å². The zero-order valence-corrected chi connectivity index (χ0v) is 11.2. The van der Waals surface area contributed by atoms with Crippen molar-refractivity contribution in [3.63, 3.8) is 0 Å². The first-order chi connectivity index (χ1) is 8.97. The molecule has 7 nitrogen and oxygen atoms in total. The Morgan fingerprint density at radius 3 is 2.74 bits per heavy atom. The number of amides is 2. The van der Waals surface area contributed by atoms with Crippen LogP contribution in [0.25, 0.3) is 0 Å². The van der Waals surface area contributed by atoms with E-state index in [0.29, 0.717) is 12.3 Å². The number of hydrogen-bond acceptors (Lipinski definition) is 3. The second-order valence-electron chi connectivity index (χ2n) is 4.21. The van der Waals surface area contributed by atoms with Gasteiger partial charge in [-0.3, -0.25) is 0 Å². The number of aromatic nitrogens is 1. The summed E-state index contributed by atoms with van der Waals surface area (Å²) in [5.74, 6) is -1.12. The second kappa shape index (κ2) is 6.79. The molecule has 0 radical (unpaired) electrons. The average Bonchev–Trinajstić information content (AvgIpc) is 2.69. The number of carboxylic acids is 1. The van der Waals surface area contributed by atoms with Gasteiger partial charge < -0.3 is 25.5 Å². The van der Waals surface area contributed by atoms with Crippen LogP contribution in [-0.4, -0.2) is 41.8 Å². The average molecular weight is 269 g/mol. The van der Waals surface area contributed by atoms with Crippen LogP contribution in [0, 0.1) is 6.92 Å². The molecule has 4 N–H and O–H groups in total. The number of carbonyl (C=O) groups excluding carboxylic acids is 1. The van der Waals surface area contributed by atoms with E-state index in [9.17, 15) is 9.59 Å². The van der Waals surface area contributed by atoms with Crippen molar-refractivity contribution in [1.29, 1.82) is 0 Å². The van der Waals surface area contributed by atoms with Crippen LogP contribution in [0.15, 0.2) is 6.07 Å². The molecule has 0 bridgehead atoms. The summed E-state index contributed by atoms with van der Waals surface area (Å²) in [5, 5.41) is 14.2. The molecule has 1 atom stereocenters. The van der Waals surface area contributed by atoms with Crippen LogP contribution in [-0.2, 0) is 4.74 Å². The van der Waals surface area contributed by atoms with Gasteiger partial charge in [0.05, 0.1) is 18.3 Å². The van der Waals surface area contributed by atoms with Gasteiger partial charge in [-0.05, 0) is 19.4 Å². The number of ether oxygens (including phenoxy) is 1. The summed E-state index contributed by atoms with van der Waals surface area (Å²) in [4.78, 5) is 25.4. The maximum absolute atomic E-state index is 11.8. The van der Waals surface area contributed by atoms with Crippen molar-refractivity contribution in [2.75, 3.05) is 19.0 Å². The number of carbonyl (C=O) groups is 2. The van der Waals surface area contributed by atoms with Crippen molar-refractivity contribution in [3.05, 3.63) is 17.5 Å². The number of aryl methyl sites for hydroxylation is 1. The Hall–Kier alpha value is -2.02. The van der Waals surface area contributed by atoms with Crippen LogP contribution in [0.3, 0.4) is 0 Å². The zero-order valence-electron chi connectivity index (χ0n) is 11.2. The summed E-state index contributed by atoms with van der Waals surface area (Å²) in [6.07, 6.45) is 0.721. The lowest BCUT2D eigenvalue weighted by atomic mass is 10.2. The van der Waals surface area contributed by atoms with E-state index in [0.717, 1.165) is 6.42 Å². The number of nitrogens with one attached hydrogen (secondary N) is 3. The molecule has 0 aromatic carbocycles. The highest BCUT2D eigenvalue weighted by molar-refractivity contribution is 5.99. The van der Waals surface area contributed by atoms with Gasteiger partial charge in [-0.2, -0.15) is 0 Å². The van der Waals surface area contributed by atoms with E-state index in [4.69, 9.17) is 9.84 Å². The largest absolute Gasteiger partial charge is 0.477 e. The third-order valence-corrected chi connectivity index (χ3v) is 2.61. The molecule has 1 aromatic rings. The predicted octanol–water partition coefficient (Wildman–Crippen LogP) is 1.57. The van der Waals surface area contributed by atoms with Crippen LogP contribution >= 0.6 is 0 Å². The van der Waals surface area contributed by atoms with Crippen molar-refractivity contribution < 1.29 is 19.4 Å². The zero-order chi connectivity index (χ0) is 14.4. The first kappa shape index (κ1) is 15.0. The molecule has 0 aliphatic heterocycles. The minimum atomic E-state index is -1.12. The Morgan fingerprint density at radius 1 is 1.53 bits per heavy atom. The molecular formula is C12H19N3O4. The molecule has 0 fully saturated rings. The fourth-order valence-electron chi connectivity index (χ4n) is 1.66. The minimum Gasteiger partial charge on any atom is -0.477 e. The summed E-state index contributed by atoms with van der Waals surface area (Å²) >= 11 is 0. The topological polar surface area (TPSA) is 103 Å². The Morgan fingerprint density at radius 2 is 2.21 bits per heavy atom. The smallest absolute Gasteiger partial charge is 0.354 e. The van der Waals surface area contributed by atoms with E-state index in [2.05, 4.69) is 15.6 Å². The van der Waals surface area contributed by atoms with E-state index in [1.807, 2.05) is 6.92 Å². The molecule has 7 heteroatoms. The molecule has 2 amide bonds. The van der Waals surface area contributed by atoms with Crippen molar-refractivity contribution in [2.45, 2.75) is 26.3 Å². The highest BCUT2D eigenvalue weighted by Crippen LogP contribution is 2.16. The van der Waals surface area contributed by atoms with E-state index < -0.39 is 12.0 Å². The van der Waals surface area contributed by atoms with Crippen LogP contribution in [0.1, 0.15) is 29.5 Å². The molecule has 0 spiro atoms. The standard InChI is InChI=1S/C12H19N3O4/c1-4-8(6-19-3)14-12(18)15-9-5-7(2)13-10(9)11(16)17/h5,8,13H,4,6H2,1-3H3,(H,16,17)(H2,14,15,18). The quantitative estimate of drug-likeness (QED) is 0.629. The monoisotopic (exact) mass is 269 g/mol. The maximum atomic E-state index is 11.8. The number of aromatic amines is 1. The number of carboxylic acid groups (broad SMARTS) is 1. The number of H-pyrrole nitrogens is 1. The Kier molecular flexibility index (Phi) is 5.37. The van der Waals surface area contributed by atoms with E-state index in [-0.39, 0.29) is 17.4 Å². The second-order valence-corrected chi connectivity index (χ2v) is 4.21. The van der Waals surface area contributed by atoms with Gasteiger partial charge in [0.1, 0.15) is 5.69 Å². The lowest BCUT2D eigenvalue weighted by Gasteiger charge is -2.16. The number of aromatic carboxylic acids is 1. The summed E-state index contributed by atoms with van der Waals surface area (Å²) in [6.45, 7) is 4.05. The summed E-state index contributed by atoms with van der Waals surface area (Å²) in [6, 6.07) is 1.00. The Bertz CT molecular complexity index is 456. The number of methoxy groups -OCH3 is 1. The van der Waals surface area contributed by atoms with Gasteiger partial charge in [0, 0.05) is 12.8 Å². The molecule has 0 saturated carbocycles. The fourth-order valence-corrected chi connectivity index (χ4v) is 1.66. The summed E-state index contributed by atoms with van der Waals surface area (Å²) in [7, 11) is 1.56. The molecule has 1 heterocycles. The fraction of sp³-hybridized carbons (Fsp3) is 0.500.